The van der Waals surface area contributed by atoms with Crippen molar-refractivity contribution in [1.29, 1.82) is 0 Å². The van der Waals surface area contributed by atoms with Crippen molar-refractivity contribution in [2.24, 2.45) is 0 Å². The second-order valence-electron chi connectivity index (χ2n) is 6.54. The Morgan fingerprint density at radius 3 is 2.24 bits per heavy atom. The minimum atomic E-state index is -0.294. The number of rotatable bonds is 5. The van der Waals surface area contributed by atoms with Gasteiger partial charge in [-0.2, -0.15) is 0 Å². The van der Waals surface area contributed by atoms with E-state index in [2.05, 4.69) is 39.8 Å². The first-order valence-corrected chi connectivity index (χ1v) is 7.46. The van der Waals surface area contributed by atoms with E-state index in [1.165, 1.54) is 5.56 Å². The summed E-state index contributed by atoms with van der Waals surface area (Å²) in [6.07, 6.45) is 2.03. The van der Waals surface area contributed by atoms with Crippen LogP contribution in [0.1, 0.15) is 40.2 Å². The van der Waals surface area contributed by atoms with Gasteiger partial charge in [0.2, 0.25) is 0 Å². The van der Waals surface area contributed by atoms with Crippen molar-refractivity contribution in [3.05, 3.63) is 47.4 Å². The number of allylic oxidation sites excluding steroid dienone is 1. The van der Waals surface area contributed by atoms with E-state index >= 15 is 0 Å². The average Bonchev–Trinajstić information content (AvgIpc) is 2.65. The van der Waals surface area contributed by atoms with Gasteiger partial charge in [-0.15, -0.1) is 0 Å². The van der Waals surface area contributed by atoms with E-state index in [0.717, 1.165) is 5.47 Å². The molecule has 1 aliphatic rings. The van der Waals surface area contributed by atoms with Crippen LogP contribution in [0.3, 0.4) is 0 Å². The molecular weight excluding hydrogens is 263 g/mol. The summed E-state index contributed by atoms with van der Waals surface area (Å²) < 4.78 is 17.7. The van der Waals surface area contributed by atoms with E-state index in [0.29, 0.717) is 13.2 Å². The highest BCUT2D eigenvalue weighted by atomic mass is 16.7. The highest BCUT2D eigenvalue weighted by molar-refractivity contribution is 6.54. The van der Waals surface area contributed by atoms with Gasteiger partial charge in [-0.1, -0.05) is 36.4 Å². The molecule has 1 saturated heterocycles. The predicted molar refractivity (Wildman–Crippen MR) is 85.9 cm³/mol. The van der Waals surface area contributed by atoms with Gasteiger partial charge in [0, 0.05) is 0 Å². The molecule has 3 nitrogen and oxygen atoms in total. The SMILES string of the molecule is C/C(=C\COCc1ccccc1)B1OC(C)(C)C(C)(C)O1. The van der Waals surface area contributed by atoms with Gasteiger partial charge < -0.3 is 14.0 Å². The van der Waals surface area contributed by atoms with Crippen LogP contribution in [-0.4, -0.2) is 24.9 Å². The fraction of sp³-hybridized carbons (Fsp3) is 0.529. The summed E-state index contributed by atoms with van der Waals surface area (Å²) in [5.41, 5.74) is 1.65. The van der Waals surface area contributed by atoms with E-state index in [1.807, 2.05) is 31.2 Å². The molecule has 114 valence electrons. The Morgan fingerprint density at radius 2 is 1.67 bits per heavy atom. The monoisotopic (exact) mass is 288 g/mol. The molecule has 0 radical (unpaired) electrons. The first kappa shape index (κ1) is 16.3. The highest BCUT2D eigenvalue weighted by Gasteiger charge is 2.51. The quantitative estimate of drug-likeness (QED) is 0.609. The minimum Gasteiger partial charge on any atom is -0.400 e. The summed E-state index contributed by atoms with van der Waals surface area (Å²) in [4.78, 5) is 0. The Balaban J connectivity index is 1.83. The van der Waals surface area contributed by atoms with Crippen molar-refractivity contribution >= 4 is 7.12 Å². The molecule has 1 heterocycles. The Morgan fingerprint density at radius 1 is 1.10 bits per heavy atom. The number of hydrogen-bond acceptors (Lipinski definition) is 3. The van der Waals surface area contributed by atoms with Crippen LogP contribution in [0.25, 0.3) is 0 Å². The van der Waals surface area contributed by atoms with Crippen molar-refractivity contribution in [3.63, 3.8) is 0 Å². The molecule has 0 bridgehead atoms. The molecule has 0 N–H and O–H groups in total. The lowest BCUT2D eigenvalue weighted by Gasteiger charge is -2.32. The lowest BCUT2D eigenvalue weighted by atomic mass is 9.79. The Hall–Kier alpha value is -1.10. The second kappa shape index (κ2) is 6.35. The van der Waals surface area contributed by atoms with Gasteiger partial charge in [-0.25, -0.2) is 0 Å². The van der Waals surface area contributed by atoms with Gasteiger partial charge in [0.15, 0.2) is 0 Å². The largest absolute Gasteiger partial charge is 0.490 e. The maximum atomic E-state index is 6.00. The Bertz CT molecular complexity index is 478. The standard InChI is InChI=1S/C17H25BO3/c1-14(18-20-16(2,3)17(4,5)21-18)11-12-19-13-15-9-7-6-8-10-15/h6-11H,12-13H2,1-5H3/b14-11+. The summed E-state index contributed by atoms with van der Waals surface area (Å²) >= 11 is 0. The van der Waals surface area contributed by atoms with Crippen molar-refractivity contribution in [3.8, 4) is 0 Å². The van der Waals surface area contributed by atoms with Crippen LogP contribution >= 0.6 is 0 Å². The zero-order chi connectivity index (χ0) is 15.5. The number of hydrogen-bond donors (Lipinski definition) is 0. The van der Waals surface area contributed by atoms with Gasteiger partial charge in [-0.05, 0) is 45.7 Å². The molecule has 1 fully saturated rings. The van der Waals surface area contributed by atoms with E-state index in [9.17, 15) is 0 Å². The molecule has 21 heavy (non-hydrogen) atoms. The van der Waals surface area contributed by atoms with E-state index < -0.39 is 0 Å². The van der Waals surface area contributed by atoms with E-state index in [1.54, 1.807) is 0 Å². The van der Waals surface area contributed by atoms with Crippen LogP contribution in [-0.2, 0) is 20.7 Å². The van der Waals surface area contributed by atoms with Crippen molar-refractivity contribution < 1.29 is 14.0 Å². The van der Waals surface area contributed by atoms with Gasteiger partial charge in [0.05, 0.1) is 24.4 Å². The minimum absolute atomic E-state index is 0.282. The van der Waals surface area contributed by atoms with Gasteiger partial charge in [0.1, 0.15) is 0 Å². The zero-order valence-corrected chi connectivity index (χ0v) is 13.7. The summed E-state index contributed by atoms with van der Waals surface area (Å²) in [6, 6.07) is 10.2. The van der Waals surface area contributed by atoms with Gasteiger partial charge in [-0.3, -0.25) is 0 Å². The van der Waals surface area contributed by atoms with Crippen molar-refractivity contribution in [2.75, 3.05) is 6.61 Å². The molecule has 4 heteroatoms. The van der Waals surface area contributed by atoms with Gasteiger partial charge >= 0.3 is 7.12 Å². The molecule has 0 saturated carbocycles. The summed E-state index contributed by atoms with van der Waals surface area (Å²) in [5.74, 6) is 0. The normalized spacial score (nSPS) is 20.8. The topological polar surface area (TPSA) is 27.7 Å². The maximum absolute atomic E-state index is 6.00. The van der Waals surface area contributed by atoms with Gasteiger partial charge in [0.25, 0.3) is 0 Å². The van der Waals surface area contributed by atoms with Crippen LogP contribution < -0.4 is 0 Å². The molecule has 2 rings (SSSR count). The van der Waals surface area contributed by atoms with Crippen molar-refractivity contribution in [2.45, 2.75) is 52.4 Å². The lowest BCUT2D eigenvalue weighted by molar-refractivity contribution is 0.00578. The summed E-state index contributed by atoms with van der Waals surface area (Å²) in [6.45, 7) is 11.4. The van der Waals surface area contributed by atoms with E-state index in [-0.39, 0.29) is 18.3 Å². The number of benzene rings is 1. The van der Waals surface area contributed by atoms with Crippen molar-refractivity contribution in [1.82, 2.24) is 0 Å². The van der Waals surface area contributed by atoms with Crippen LogP contribution in [0, 0.1) is 0 Å². The average molecular weight is 288 g/mol. The van der Waals surface area contributed by atoms with Crippen LogP contribution in [0.2, 0.25) is 0 Å². The third-order valence-corrected chi connectivity index (χ3v) is 4.26. The molecule has 0 spiro atoms. The Labute approximate surface area is 128 Å². The highest BCUT2D eigenvalue weighted by Crippen LogP contribution is 2.38. The molecule has 1 aromatic carbocycles. The molecule has 0 amide bonds. The molecule has 1 aliphatic heterocycles. The zero-order valence-electron chi connectivity index (χ0n) is 13.7. The fourth-order valence-electron chi connectivity index (χ4n) is 2.07. The first-order chi connectivity index (χ1) is 9.82. The molecule has 0 aromatic heterocycles. The van der Waals surface area contributed by atoms with Crippen LogP contribution in [0.5, 0.6) is 0 Å². The summed E-state index contributed by atoms with van der Waals surface area (Å²) in [5, 5.41) is 0. The summed E-state index contributed by atoms with van der Waals surface area (Å²) in [7, 11) is -0.282. The third kappa shape index (κ3) is 3.97. The predicted octanol–water partition coefficient (Wildman–Crippen LogP) is 3.78. The smallest absolute Gasteiger partial charge is 0.400 e. The third-order valence-electron chi connectivity index (χ3n) is 4.26. The van der Waals surface area contributed by atoms with Crippen LogP contribution in [0.4, 0.5) is 0 Å². The maximum Gasteiger partial charge on any atom is 0.490 e. The first-order valence-electron chi connectivity index (χ1n) is 7.46. The lowest BCUT2D eigenvalue weighted by Crippen LogP contribution is -2.41. The number of ether oxygens (including phenoxy) is 1. The van der Waals surface area contributed by atoms with E-state index in [4.69, 9.17) is 14.0 Å². The molecular formula is C17H25BO3. The Kier molecular flexibility index (Phi) is 4.92. The molecule has 0 unspecified atom stereocenters. The van der Waals surface area contributed by atoms with Crippen LogP contribution in [0.15, 0.2) is 41.9 Å². The second-order valence-corrected chi connectivity index (χ2v) is 6.54. The molecule has 0 atom stereocenters. The molecule has 0 aliphatic carbocycles. The molecule has 1 aromatic rings. The fourth-order valence-corrected chi connectivity index (χ4v) is 2.07.